The molecule has 4 aromatic rings. The van der Waals surface area contributed by atoms with E-state index in [1.807, 2.05) is 55.5 Å². The molecule has 6 rings (SSSR count). The highest BCUT2D eigenvalue weighted by Crippen LogP contribution is 2.46. The van der Waals surface area contributed by atoms with E-state index in [-0.39, 0.29) is 24.4 Å². The maximum atomic E-state index is 13.5. The highest BCUT2D eigenvalue weighted by atomic mass is 32.1. The molecule has 0 spiro atoms. The zero-order valence-corrected chi connectivity index (χ0v) is 22.7. The van der Waals surface area contributed by atoms with Crippen LogP contribution in [0.4, 0.5) is 21.9 Å². The van der Waals surface area contributed by atoms with Gasteiger partial charge in [-0.15, -0.1) is 11.3 Å². The lowest BCUT2D eigenvalue weighted by molar-refractivity contribution is -0.127. The topological polar surface area (TPSA) is 116 Å². The van der Waals surface area contributed by atoms with Crippen molar-refractivity contribution in [2.45, 2.75) is 13.3 Å². The first-order valence-electron chi connectivity index (χ1n) is 12.7. The van der Waals surface area contributed by atoms with Crippen LogP contribution in [0.3, 0.4) is 0 Å². The second-order valence-corrected chi connectivity index (χ2v) is 10.4. The third-order valence-corrected chi connectivity index (χ3v) is 7.79. The van der Waals surface area contributed by atoms with Crippen molar-refractivity contribution in [1.82, 2.24) is 20.5 Å². The number of carbonyl (C=O) groups is 3. The summed E-state index contributed by atoms with van der Waals surface area (Å²) in [6.07, 6.45) is 3.83. The van der Waals surface area contributed by atoms with Crippen LogP contribution in [0.1, 0.15) is 21.7 Å². The Morgan fingerprint density at radius 3 is 2.70 bits per heavy atom. The average molecular weight is 555 g/mol. The zero-order valence-electron chi connectivity index (χ0n) is 21.9. The first-order valence-corrected chi connectivity index (χ1v) is 13.6. The average Bonchev–Trinajstić information content (AvgIpc) is 3.56. The lowest BCUT2D eigenvalue weighted by atomic mass is 10.1. The Bertz CT molecular complexity index is 1680. The maximum absolute atomic E-state index is 13.5. The number of anilines is 3. The predicted molar refractivity (Wildman–Crippen MR) is 154 cm³/mol. The molecule has 2 aromatic carbocycles. The van der Waals surface area contributed by atoms with Crippen LogP contribution in [0.2, 0.25) is 0 Å². The monoisotopic (exact) mass is 554 g/mol. The Labute approximate surface area is 234 Å². The van der Waals surface area contributed by atoms with Gasteiger partial charge in [0.25, 0.3) is 5.91 Å². The Kier molecular flexibility index (Phi) is 6.66. The molecule has 0 radical (unpaired) electrons. The number of pyridine rings is 1. The van der Waals surface area contributed by atoms with E-state index in [0.29, 0.717) is 56.6 Å². The van der Waals surface area contributed by atoms with E-state index in [1.54, 1.807) is 35.3 Å². The second-order valence-electron chi connectivity index (χ2n) is 9.42. The number of carbonyl (C=O) groups excluding carboxylic acids is 3. The highest BCUT2D eigenvalue weighted by molar-refractivity contribution is 7.21. The fraction of sp³-hybridized carbons (Fsp3) is 0.172. The lowest BCUT2D eigenvalue weighted by Crippen LogP contribution is -2.35. The summed E-state index contributed by atoms with van der Waals surface area (Å²) >= 11 is 1.21. The van der Waals surface area contributed by atoms with Gasteiger partial charge < -0.3 is 25.6 Å². The fourth-order valence-electron chi connectivity index (χ4n) is 4.86. The highest BCUT2D eigenvalue weighted by Gasteiger charge is 2.33. The van der Waals surface area contributed by atoms with Gasteiger partial charge in [-0.1, -0.05) is 18.2 Å². The van der Waals surface area contributed by atoms with E-state index in [1.165, 1.54) is 11.3 Å². The van der Waals surface area contributed by atoms with Crippen molar-refractivity contribution < 1.29 is 19.1 Å². The van der Waals surface area contributed by atoms with Gasteiger partial charge in [0.2, 0.25) is 5.91 Å². The molecule has 0 aliphatic carbocycles. The van der Waals surface area contributed by atoms with E-state index in [9.17, 15) is 14.4 Å². The fourth-order valence-corrected chi connectivity index (χ4v) is 5.87. The number of nitrogens with one attached hydrogen (secondary N) is 3. The Balaban J connectivity index is 1.30. The molecule has 4 amide bonds. The molecule has 0 unspecified atom stereocenters. The summed E-state index contributed by atoms with van der Waals surface area (Å²) in [5.74, 6) is 0.957. The second kappa shape index (κ2) is 10.4. The van der Waals surface area contributed by atoms with Crippen molar-refractivity contribution >= 4 is 56.5 Å². The summed E-state index contributed by atoms with van der Waals surface area (Å²) in [7, 11) is 1.71. The number of para-hydroxylation sites is 1. The standard InChI is InChI=1S/C29H26N6O4S/c1-17-14-20(39-19-6-4-3-5-7-19)8-9-21(17)35-22-10-12-31-28-24(22)25(33-29(35)38)26(40-28)27(37)32-18-11-13-34(16-18)23(36)15-30-2/h3-10,12,14,16,30H,11,13,15H2,1-2H3,(H,32,37)(H,33,38). The van der Waals surface area contributed by atoms with Gasteiger partial charge in [0.05, 0.1) is 29.0 Å². The van der Waals surface area contributed by atoms with Crippen molar-refractivity contribution in [3.05, 3.63) is 83.1 Å². The summed E-state index contributed by atoms with van der Waals surface area (Å²) in [4.78, 5) is 47.6. The van der Waals surface area contributed by atoms with Crippen molar-refractivity contribution in [2.24, 2.45) is 0 Å². The van der Waals surface area contributed by atoms with Crippen LogP contribution in [0, 0.1) is 6.92 Å². The molecule has 10 nitrogen and oxygen atoms in total. The van der Waals surface area contributed by atoms with Gasteiger partial charge in [0.15, 0.2) is 0 Å². The van der Waals surface area contributed by atoms with Gasteiger partial charge in [-0.05, 0) is 55.9 Å². The number of hydrogen-bond donors (Lipinski definition) is 3. The number of amides is 4. The zero-order chi connectivity index (χ0) is 27.8. The number of urea groups is 1. The number of thiophene rings is 1. The van der Waals surface area contributed by atoms with E-state index in [4.69, 9.17) is 4.74 Å². The number of benzene rings is 2. The van der Waals surface area contributed by atoms with E-state index >= 15 is 0 Å². The third-order valence-electron chi connectivity index (χ3n) is 6.70. The Morgan fingerprint density at radius 1 is 1.10 bits per heavy atom. The first kappa shape index (κ1) is 25.5. The molecule has 3 N–H and O–H groups in total. The number of likely N-dealkylation sites (N-methyl/N-ethyl adjacent to an activating group) is 1. The largest absolute Gasteiger partial charge is 0.457 e. The number of aromatic nitrogens is 1. The first-order chi connectivity index (χ1) is 19.4. The van der Waals surface area contributed by atoms with Crippen LogP contribution in [-0.2, 0) is 4.79 Å². The number of hydrogen-bond acceptors (Lipinski definition) is 7. The molecule has 40 heavy (non-hydrogen) atoms. The van der Waals surface area contributed by atoms with Crippen molar-refractivity contribution in [3.63, 3.8) is 0 Å². The summed E-state index contributed by atoms with van der Waals surface area (Å²) in [5.41, 5.74) is 3.25. The molecule has 0 atom stereocenters. The molecule has 0 bridgehead atoms. The molecular formula is C29H26N6O4S. The molecule has 2 aromatic heterocycles. The molecule has 0 saturated heterocycles. The number of rotatable bonds is 7. The van der Waals surface area contributed by atoms with Crippen molar-refractivity contribution in [2.75, 3.05) is 30.4 Å². The molecule has 0 saturated carbocycles. The smallest absolute Gasteiger partial charge is 0.331 e. The third kappa shape index (κ3) is 4.65. The minimum absolute atomic E-state index is 0.0696. The summed E-state index contributed by atoms with van der Waals surface area (Å²) < 4.78 is 5.96. The van der Waals surface area contributed by atoms with Gasteiger partial charge in [-0.25, -0.2) is 9.78 Å². The van der Waals surface area contributed by atoms with Crippen LogP contribution in [0.5, 0.6) is 11.5 Å². The van der Waals surface area contributed by atoms with Crippen LogP contribution >= 0.6 is 11.3 Å². The number of nitrogens with zero attached hydrogens (tertiary/aromatic N) is 3. The molecule has 2 aliphatic rings. The van der Waals surface area contributed by atoms with Crippen molar-refractivity contribution in [3.8, 4) is 11.5 Å². The van der Waals surface area contributed by atoms with E-state index in [2.05, 4.69) is 20.9 Å². The molecule has 2 aliphatic heterocycles. The summed E-state index contributed by atoms with van der Waals surface area (Å²) in [5, 5.41) is 9.37. The van der Waals surface area contributed by atoms with Crippen LogP contribution < -0.4 is 25.6 Å². The van der Waals surface area contributed by atoms with Crippen LogP contribution in [0.25, 0.3) is 10.2 Å². The Hall–Kier alpha value is -4.74. The SMILES string of the molecule is CNCC(=O)N1C=C(NC(=O)c2sc3nccc4c3c2NC(=O)N4c2ccc(Oc3ccccc3)cc2C)CC1. The molecule has 0 fully saturated rings. The van der Waals surface area contributed by atoms with Crippen LogP contribution in [-0.4, -0.2) is 47.9 Å². The minimum atomic E-state index is -0.379. The summed E-state index contributed by atoms with van der Waals surface area (Å²) in [6.45, 7) is 2.64. The molecule has 11 heteroatoms. The minimum Gasteiger partial charge on any atom is -0.457 e. The normalized spacial score (nSPS) is 14.2. The quantitative estimate of drug-likeness (QED) is 0.293. The van der Waals surface area contributed by atoms with Gasteiger partial charge in [0.1, 0.15) is 21.2 Å². The summed E-state index contributed by atoms with van der Waals surface area (Å²) in [6, 6.07) is 16.4. The molecular weight excluding hydrogens is 528 g/mol. The van der Waals surface area contributed by atoms with E-state index < -0.39 is 0 Å². The van der Waals surface area contributed by atoms with Crippen LogP contribution in [0.15, 0.2) is 72.7 Å². The number of ether oxygens (including phenoxy) is 1. The van der Waals surface area contributed by atoms with Gasteiger partial charge in [0, 0.05) is 31.1 Å². The molecule has 202 valence electrons. The lowest BCUT2D eigenvalue weighted by Gasteiger charge is -2.29. The van der Waals surface area contributed by atoms with E-state index in [0.717, 1.165) is 11.3 Å². The van der Waals surface area contributed by atoms with Gasteiger partial charge in [-0.2, -0.15) is 0 Å². The van der Waals surface area contributed by atoms with Gasteiger partial charge in [-0.3, -0.25) is 14.5 Å². The van der Waals surface area contributed by atoms with Crippen molar-refractivity contribution in [1.29, 1.82) is 0 Å². The van der Waals surface area contributed by atoms with Gasteiger partial charge >= 0.3 is 6.03 Å². The molecule has 4 heterocycles. The Morgan fingerprint density at radius 2 is 1.93 bits per heavy atom. The predicted octanol–water partition coefficient (Wildman–Crippen LogP) is 5.10. The number of aryl methyl sites for hydroxylation is 1. The maximum Gasteiger partial charge on any atom is 0.331 e.